The summed E-state index contributed by atoms with van der Waals surface area (Å²) in [5.41, 5.74) is 1.39. The molecular weight excluding hydrogens is 220 g/mol. The molecule has 0 saturated carbocycles. The van der Waals surface area contributed by atoms with E-state index in [1.165, 1.54) is 0 Å². The Balaban J connectivity index is 5.01. The van der Waals surface area contributed by atoms with E-state index in [-0.39, 0.29) is 0 Å². The standard InChI is InChI=1S/C16H18N2/c1-5-9-12-15(8-4)17-14-18-16(11-7-3)13-10-6-2/h5-13H,2-4H2,1H3/b9-5-,13-10-,15-12+,16-11+. The van der Waals surface area contributed by atoms with E-state index < -0.39 is 0 Å². The van der Waals surface area contributed by atoms with Gasteiger partial charge in [0.2, 0.25) is 0 Å². The smallest absolute Gasteiger partial charge is 0.100 e. The fourth-order valence-electron chi connectivity index (χ4n) is 0.904. The van der Waals surface area contributed by atoms with E-state index in [0.29, 0.717) is 11.4 Å². The summed E-state index contributed by atoms with van der Waals surface area (Å²) in [4.78, 5) is 8.12. The molecule has 0 aromatic heterocycles. The second kappa shape index (κ2) is 11.1. The topological polar surface area (TPSA) is 24.7 Å². The first kappa shape index (κ1) is 15.6. The number of aliphatic imine (C=N–C) groups is 2. The van der Waals surface area contributed by atoms with Crippen LogP contribution in [0.1, 0.15) is 6.92 Å². The molecule has 0 atom stereocenters. The summed E-state index contributed by atoms with van der Waals surface area (Å²) >= 11 is 0. The zero-order valence-electron chi connectivity index (χ0n) is 10.7. The Morgan fingerprint density at radius 3 is 2.22 bits per heavy atom. The lowest BCUT2D eigenvalue weighted by Crippen LogP contribution is -1.72. The first-order chi connectivity index (χ1) is 8.78. The predicted octanol–water partition coefficient (Wildman–Crippen LogP) is 4.62. The molecule has 0 N–H and O–H groups in total. The maximum atomic E-state index is 4.07. The largest absolute Gasteiger partial charge is 0.188 e. The summed E-state index contributed by atoms with van der Waals surface area (Å²) in [5.74, 6) is 0. The molecule has 0 saturated heterocycles. The molecule has 0 aliphatic heterocycles. The average molecular weight is 238 g/mol. The quantitative estimate of drug-likeness (QED) is 0.457. The third kappa shape index (κ3) is 7.80. The van der Waals surface area contributed by atoms with Gasteiger partial charge in [0.05, 0.1) is 11.4 Å². The van der Waals surface area contributed by atoms with Crippen LogP contribution in [0.2, 0.25) is 0 Å². The average Bonchev–Trinajstić information content (AvgIpc) is 2.39. The van der Waals surface area contributed by atoms with E-state index in [4.69, 9.17) is 0 Å². The van der Waals surface area contributed by atoms with Crippen LogP contribution in [0.3, 0.4) is 0 Å². The molecule has 92 valence electrons. The first-order valence-electron chi connectivity index (χ1n) is 5.52. The summed E-state index contributed by atoms with van der Waals surface area (Å²) in [6.07, 6.45) is 15.9. The summed E-state index contributed by atoms with van der Waals surface area (Å²) in [7, 11) is 0. The highest BCUT2D eigenvalue weighted by Crippen LogP contribution is 2.00. The van der Waals surface area contributed by atoms with Crippen molar-refractivity contribution in [2.24, 2.45) is 9.98 Å². The zero-order chi connectivity index (χ0) is 13.6. The molecular formula is C16H18N2. The Bertz CT molecular complexity index is 465. The molecule has 0 bridgehead atoms. The Hall–Kier alpha value is -2.44. The van der Waals surface area contributed by atoms with Gasteiger partial charge in [0.25, 0.3) is 0 Å². The number of allylic oxidation sites excluding steroid dienone is 9. The van der Waals surface area contributed by atoms with Crippen LogP contribution in [-0.4, -0.2) is 6.01 Å². The highest BCUT2D eigenvalue weighted by Gasteiger charge is 1.84. The minimum absolute atomic E-state index is 0.697. The van der Waals surface area contributed by atoms with E-state index in [1.54, 1.807) is 36.5 Å². The Morgan fingerprint density at radius 1 is 0.944 bits per heavy atom. The monoisotopic (exact) mass is 238 g/mol. The summed E-state index contributed by atoms with van der Waals surface area (Å²) < 4.78 is 0. The fourth-order valence-corrected chi connectivity index (χ4v) is 0.904. The molecule has 0 radical (unpaired) electrons. The van der Waals surface area contributed by atoms with Crippen LogP contribution in [0, 0.1) is 0 Å². The molecule has 18 heavy (non-hydrogen) atoms. The fraction of sp³-hybridized carbons (Fsp3) is 0.0625. The van der Waals surface area contributed by atoms with E-state index in [2.05, 4.69) is 35.7 Å². The van der Waals surface area contributed by atoms with E-state index in [9.17, 15) is 0 Å². The van der Waals surface area contributed by atoms with Gasteiger partial charge in [0.1, 0.15) is 6.01 Å². The van der Waals surface area contributed by atoms with Gasteiger partial charge in [0.15, 0.2) is 0 Å². The van der Waals surface area contributed by atoms with E-state index >= 15 is 0 Å². The van der Waals surface area contributed by atoms with Gasteiger partial charge < -0.3 is 0 Å². The van der Waals surface area contributed by atoms with Crippen molar-refractivity contribution in [1.82, 2.24) is 0 Å². The maximum Gasteiger partial charge on any atom is 0.100 e. The van der Waals surface area contributed by atoms with Gasteiger partial charge in [-0.05, 0) is 31.2 Å². The van der Waals surface area contributed by atoms with Crippen molar-refractivity contribution >= 4 is 6.01 Å². The third-order valence-corrected chi connectivity index (χ3v) is 1.72. The van der Waals surface area contributed by atoms with Crippen LogP contribution in [0.15, 0.2) is 95.8 Å². The molecule has 0 unspecified atom stereocenters. The van der Waals surface area contributed by atoms with Gasteiger partial charge in [-0.25, -0.2) is 0 Å². The van der Waals surface area contributed by atoms with Crippen molar-refractivity contribution in [2.75, 3.05) is 0 Å². The van der Waals surface area contributed by atoms with Crippen molar-refractivity contribution in [2.45, 2.75) is 6.92 Å². The molecule has 0 aromatic rings. The van der Waals surface area contributed by atoms with Gasteiger partial charge in [-0.2, -0.15) is 9.98 Å². The molecule has 0 rings (SSSR count). The predicted molar refractivity (Wildman–Crippen MR) is 80.6 cm³/mol. The summed E-state index contributed by atoms with van der Waals surface area (Å²) in [5, 5.41) is 0. The minimum Gasteiger partial charge on any atom is -0.188 e. The van der Waals surface area contributed by atoms with Gasteiger partial charge in [-0.15, -0.1) is 0 Å². The molecule has 0 aliphatic rings. The van der Waals surface area contributed by atoms with Gasteiger partial charge in [0, 0.05) is 0 Å². The normalized spacial score (nSPS) is 12.3. The molecule has 0 amide bonds. The molecule has 0 heterocycles. The van der Waals surface area contributed by atoms with Crippen LogP contribution in [-0.2, 0) is 0 Å². The lowest BCUT2D eigenvalue weighted by molar-refractivity contribution is 1.38. The lowest BCUT2D eigenvalue weighted by atomic mass is 10.3. The number of hydrogen-bond acceptors (Lipinski definition) is 2. The third-order valence-electron chi connectivity index (χ3n) is 1.72. The van der Waals surface area contributed by atoms with E-state index in [1.807, 2.05) is 25.2 Å². The van der Waals surface area contributed by atoms with E-state index in [0.717, 1.165) is 0 Å². The summed E-state index contributed by atoms with van der Waals surface area (Å²) in [6, 6.07) is 2.61. The van der Waals surface area contributed by atoms with Crippen LogP contribution in [0.4, 0.5) is 0 Å². The van der Waals surface area contributed by atoms with Crippen molar-refractivity contribution in [3.63, 3.8) is 0 Å². The van der Waals surface area contributed by atoms with Crippen LogP contribution < -0.4 is 0 Å². The lowest BCUT2D eigenvalue weighted by Gasteiger charge is -1.88. The molecule has 2 nitrogen and oxygen atoms in total. The van der Waals surface area contributed by atoms with Crippen molar-refractivity contribution in [3.8, 4) is 0 Å². The number of rotatable bonds is 7. The van der Waals surface area contributed by atoms with Gasteiger partial charge >= 0.3 is 0 Å². The second-order valence-electron chi connectivity index (χ2n) is 3.07. The first-order valence-corrected chi connectivity index (χ1v) is 5.52. The molecule has 2 heteroatoms. The SMILES string of the molecule is C=C/C=C\C(=C/C=C)N=C=N/C(C=C)=C/C=C\C. The minimum atomic E-state index is 0.697. The highest BCUT2D eigenvalue weighted by molar-refractivity contribution is 5.49. The Kier molecular flexibility index (Phi) is 9.56. The van der Waals surface area contributed by atoms with Crippen LogP contribution in [0.25, 0.3) is 0 Å². The highest BCUT2D eigenvalue weighted by atomic mass is 14.8. The zero-order valence-corrected chi connectivity index (χ0v) is 10.7. The molecule has 0 fully saturated rings. The number of hydrogen-bond donors (Lipinski definition) is 0. The second-order valence-corrected chi connectivity index (χ2v) is 3.07. The summed E-state index contributed by atoms with van der Waals surface area (Å²) in [6.45, 7) is 12.8. The van der Waals surface area contributed by atoms with Crippen molar-refractivity contribution in [3.05, 3.63) is 85.8 Å². The molecule has 0 spiro atoms. The van der Waals surface area contributed by atoms with Crippen molar-refractivity contribution in [1.29, 1.82) is 0 Å². The molecule has 0 aromatic carbocycles. The van der Waals surface area contributed by atoms with Gasteiger partial charge in [-0.1, -0.05) is 50.1 Å². The Labute approximate surface area is 109 Å². The van der Waals surface area contributed by atoms with Crippen molar-refractivity contribution < 1.29 is 0 Å². The van der Waals surface area contributed by atoms with Gasteiger partial charge in [-0.3, -0.25) is 0 Å². The van der Waals surface area contributed by atoms with Crippen LogP contribution in [0.5, 0.6) is 0 Å². The Morgan fingerprint density at radius 2 is 1.67 bits per heavy atom. The molecule has 0 aliphatic carbocycles. The van der Waals surface area contributed by atoms with Crippen LogP contribution >= 0.6 is 0 Å². The maximum absolute atomic E-state index is 4.07. The number of nitrogens with zero attached hydrogens (tertiary/aromatic N) is 2.